The lowest BCUT2D eigenvalue weighted by atomic mass is 9.92. The van der Waals surface area contributed by atoms with Gasteiger partial charge in [-0.15, -0.1) is 0 Å². The molecule has 1 fully saturated rings. The quantitative estimate of drug-likeness (QED) is 0.710. The van der Waals surface area contributed by atoms with E-state index < -0.39 is 23.8 Å². The molecule has 1 heterocycles. The maximum Gasteiger partial charge on any atom is 0.307 e. The number of carboxylic acid groups (broad SMARTS) is 1. The summed E-state index contributed by atoms with van der Waals surface area (Å²) < 4.78 is 0. The van der Waals surface area contributed by atoms with E-state index in [0.717, 1.165) is 12.0 Å². The van der Waals surface area contributed by atoms with Gasteiger partial charge in [0.25, 0.3) is 0 Å². The van der Waals surface area contributed by atoms with Crippen molar-refractivity contribution in [3.05, 3.63) is 59.3 Å². The second-order valence-electron chi connectivity index (χ2n) is 7.72. The highest BCUT2D eigenvalue weighted by Crippen LogP contribution is 2.34. The molecule has 0 unspecified atom stereocenters. The van der Waals surface area contributed by atoms with Crippen LogP contribution in [-0.4, -0.2) is 22.0 Å². The number of hydrogen-bond acceptors (Lipinski definition) is 4. The minimum absolute atomic E-state index is 0.244. The Morgan fingerprint density at radius 2 is 1.75 bits per heavy atom. The van der Waals surface area contributed by atoms with Crippen LogP contribution in [-0.2, 0) is 9.59 Å². The number of hydrogen-bond donors (Lipinski definition) is 3. The number of carbonyl (C=O) groups is 2. The summed E-state index contributed by atoms with van der Waals surface area (Å²) in [4.78, 5) is 28.6. The Hall–Kier alpha value is -2.89. The van der Waals surface area contributed by atoms with Crippen LogP contribution in [0.2, 0.25) is 0 Å². The van der Waals surface area contributed by atoms with Crippen molar-refractivity contribution in [3.63, 3.8) is 0 Å². The molecule has 2 aromatic rings. The molecule has 4 N–H and O–H groups in total. The predicted octanol–water partition coefficient (Wildman–Crippen LogP) is 3.49. The molecule has 28 heavy (non-hydrogen) atoms. The minimum Gasteiger partial charge on any atom is -0.481 e. The Kier molecular flexibility index (Phi) is 5.97. The van der Waals surface area contributed by atoms with Gasteiger partial charge in [0.15, 0.2) is 0 Å². The van der Waals surface area contributed by atoms with E-state index in [0.29, 0.717) is 30.1 Å². The van der Waals surface area contributed by atoms with Crippen LogP contribution in [0.15, 0.2) is 42.6 Å². The number of aliphatic carboxylic acids is 1. The standard InChI is InChI=1S/C22H27N3O3/c1-13(2)14-8-10-15(11-9-14)19(18-7-4-12-24-20(18)23)25-21(26)16-5-3-6-17(16)22(27)28/h4,7-13,16-17,19H,3,5-6H2,1-2H3,(H2,23,24)(H,25,26)(H,27,28)/t16-,17+,19-/m1/s1. The first kappa shape index (κ1) is 19.9. The number of aromatic nitrogens is 1. The van der Waals surface area contributed by atoms with Gasteiger partial charge in [0.2, 0.25) is 5.91 Å². The van der Waals surface area contributed by atoms with Crippen LogP contribution in [0, 0.1) is 11.8 Å². The highest BCUT2D eigenvalue weighted by Gasteiger charge is 2.38. The number of nitrogens with zero attached hydrogens (tertiary/aromatic N) is 1. The Balaban J connectivity index is 1.92. The Morgan fingerprint density at radius 1 is 1.11 bits per heavy atom. The molecular formula is C22H27N3O3. The maximum atomic E-state index is 13.0. The summed E-state index contributed by atoms with van der Waals surface area (Å²) in [7, 11) is 0. The largest absolute Gasteiger partial charge is 0.481 e. The number of amides is 1. The van der Waals surface area contributed by atoms with E-state index in [1.54, 1.807) is 12.3 Å². The maximum absolute atomic E-state index is 13.0. The third-order valence-corrected chi connectivity index (χ3v) is 5.58. The van der Waals surface area contributed by atoms with Crippen LogP contribution >= 0.6 is 0 Å². The molecule has 3 rings (SSSR count). The first-order chi connectivity index (χ1) is 13.4. The highest BCUT2D eigenvalue weighted by molar-refractivity contribution is 5.86. The molecular weight excluding hydrogens is 354 g/mol. The fourth-order valence-electron chi connectivity index (χ4n) is 3.91. The summed E-state index contributed by atoms with van der Waals surface area (Å²) in [6.45, 7) is 4.25. The molecule has 148 valence electrons. The first-order valence-electron chi connectivity index (χ1n) is 9.72. The van der Waals surface area contributed by atoms with Crippen LogP contribution in [0.3, 0.4) is 0 Å². The van der Waals surface area contributed by atoms with Gasteiger partial charge in [-0.25, -0.2) is 4.98 Å². The summed E-state index contributed by atoms with van der Waals surface area (Å²) in [5.41, 5.74) is 8.89. The van der Waals surface area contributed by atoms with Gasteiger partial charge in [0.1, 0.15) is 5.82 Å². The van der Waals surface area contributed by atoms with E-state index >= 15 is 0 Å². The van der Waals surface area contributed by atoms with Gasteiger partial charge in [-0.3, -0.25) is 9.59 Å². The number of nitrogens with one attached hydrogen (secondary N) is 1. The van der Waals surface area contributed by atoms with Gasteiger partial charge in [-0.2, -0.15) is 0 Å². The van der Waals surface area contributed by atoms with Gasteiger partial charge in [0.05, 0.1) is 17.9 Å². The van der Waals surface area contributed by atoms with Gasteiger partial charge in [-0.1, -0.05) is 50.6 Å². The number of nitrogen functional groups attached to an aromatic ring is 1. The van der Waals surface area contributed by atoms with E-state index in [2.05, 4.69) is 24.1 Å². The summed E-state index contributed by atoms with van der Waals surface area (Å²) in [5.74, 6) is -1.55. The van der Waals surface area contributed by atoms with Gasteiger partial charge >= 0.3 is 5.97 Å². The molecule has 6 nitrogen and oxygen atoms in total. The molecule has 6 heteroatoms. The topological polar surface area (TPSA) is 105 Å². The number of carboxylic acids is 1. The van der Waals surface area contributed by atoms with E-state index in [1.165, 1.54) is 5.56 Å². The highest BCUT2D eigenvalue weighted by atomic mass is 16.4. The Morgan fingerprint density at radius 3 is 2.36 bits per heavy atom. The molecule has 1 aliphatic carbocycles. The van der Waals surface area contributed by atoms with Crippen molar-refractivity contribution in [3.8, 4) is 0 Å². The van der Waals surface area contributed by atoms with Gasteiger partial charge in [-0.05, 0) is 36.0 Å². The van der Waals surface area contributed by atoms with Crippen molar-refractivity contribution < 1.29 is 14.7 Å². The van der Waals surface area contributed by atoms with E-state index in [1.807, 2.05) is 30.3 Å². The molecule has 1 saturated carbocycles. The number of carbonyl (C=O) groups excluding carboxylic acids is 1. The van der Waals surface area contributed by atoms with E-state index in [-0.39, 0.29) is 5.91 Å². The van der Waals surface area contributed by atoms with E-state index in [9.17, 15) is 14.7 Å². The lowest BCUT2D eigenvalue weighted by Gasteiger charge is -2.24. The fourth-order valence-corrected chi connectivity index (χ4v) is 3.91. The lowest BCUT2D eigenvalue weighted by molar-refractivity contribution is -0.146. The Labute approximate surface area is 165 Å². The van der Waals surface area contributed by atoms with Crippen LogP contribution < -0.4 is 11.1 Å². The smallest absolute Gasteiger partial charge is 0.307 e. The average Bonchev–Trinajstić information content (AvgIpc) is 3.17. The summed E-state index contributed by atoms with van der Waals surface area (Å²) in [6, 6.07) is 11.2. The van der Waals surface area contributed by atoms with Crippen molar-refractivity contribution in [1.82, 2.24) is 10.3 Å². The summed E-state index contributed by atoms with van der Waals surface area (Å²) in [6.07, 6.45) is 3.48. The first-order valence-corrected chi connectivity index (χ1v) is 9.72. The molecule has 1 aromatic carbocycles. The zero-order valence-electron chi connectivity index (χ0n) is 16.3. The zero-order chi connectivity index (χ0) is 20.3. The molecule has 1 aromatic heterocycles. The van der Waals surface area contributed by atoms with Crippen molar-refractivity contribution in [2.75, 3.05) is 5.73 Å². The predicted molar refractivity (Wildman–Crippen MR) is 108 cm³/mol. The third-order valence-electron chi connectivity index (χ3n) is 5.58. The van der Waals surface area contributed by atoms with Crippen LogP contribution in [0.25, 0.3) is 0 Å². The average molecular weight is 381 g/mol. The monoisotopic (exact) mass is 381 g/mol. The number of nitrogens with two attached hydrogens (primary N) is 1. The Bertz CT molecular complexity index is 848. The van der Waals surface area contributed by atoms with Crippen molar-refractivity contribution in [2.45, 2.75) is 45.1 Å². The summed E-state index contributed by atoms with van der Waals surface area (Å²) in [5, 5.41) is 12.5. The number of pyridine rings is 1. The number of benzene rings is 1. The third kappa shape index (κ3) is 4.16. The molecule has 3 atom stereocenters. The van der Waals surface area contributed by atoms with Gasteiger partial charge < -0.3 is 16.2 Å². The number of anilines is 1. The SMILES string of the molecule is CC(C)c1ccc([C@@H](NC(=O)[C@@H]2CCC[C@@H]2C(=O)O)c2cccnc2N)cc1. The lowest BCUT2D eigenvalue weighted by Crippen LogP contribution is -2.38. The molecule has 1 amide bonds. The molecule has 0 bridgehead atoms. The van der Waals surface area contributed by atoms with Crippen LogP contribution in [0.5, 0.6) is 0 Å². The molecule has 0 spiro atoms. The minimum atomic E-state index is -0.906. The molecule has 0 radical (unpaired) electrons. The normalized spacial score (nSPS) is 20.1. The zero-order valence-corrected chi connectivity index (χ0v) is 16.3. The van der Waals surface area contributed by atoms with Crippen molar-refractivity contribution >= 4 is 17.7 Å². The molecule has 0 saturated heterocycles. The van der Waals surface area contributed by atoms with Gasteiger partial charge in [0, 0.05) is 11.8 Å². The van der Waals surface area contributed by atoms with E-state index in [4.69, 9.17) is 5.73 Å². The summed E-state index contributed by atoms with van der Waals surface area (Å²) >= 11 is 0. The van der Waals surface area contributed by atoms with Crippen molar-refractivity contribution in [2.24, 2.45) is 11.8 Å². The van der Waals surface area contributed by atoms with Crippen LogP contribution in [0.1, 0.15) is 61.8 Å². The van der Waals surface area contributed by atoms with Crippen molar-refractivity contribution in [1.29, 1.82) is 0 Å². The molecule has 0 aliphatic heterocycles. The second-order valence-corrected chi connectivity index (χ2v) is 7.72. The second kappa shape index (κ2) is 8.42. The molecule has 1 aliphatic rings. The van der Waals surface area contributed by atoms with Crippen LogP contribution in [0.4, 0.5) is 5.82 Å². The fraction of sp³-hybridized carbons (Fsp3) is 0.409. The number of rotatable bonds is 6.